The number of hydrogen-bond acceptors (Lipinski definition) is 4. The fourth-order valence-electron chi connectivity index (χ4n) is 3.69. The van der Waals surface area contributed by atoms with Gasteiger partial charge in [-0.3, -0.25) is 0 Å². The molecule has 0 spiro atoms. The molecule has 1 atom stereocenters. The van der Waals surface area contributed by atoms with Gasteiger partial charge in [0.25, 0.3) is 5.92 Å². The summed E-state index contributed by atoms with van der Waals surface area (Å²) in [5.74, 6) is -5.50. The third-order valence-electron chi connectivity index (χ3n) is 5.64. The SMILES string of the molecule is O=C(OCc1ccccc1)C(F)(F)Oc1ccc(-c2ccc3c(Br)nc(C4CC4(F)F)n3c2)cc1. The van der Waals surface area contributed by atoms with Gasteiger partial charge in [-0.05, 0) is 50.8 Å². The highest BCUT2D eigenvalue weighted by Gasteiger charge is 2.60. The van der Waals surface area contributed by atoms with Crippen LogP contribution in [0.25, 0.3) is 16.6 Å². The lowest BCUT2D eigenvalue weighted by Crippen LogP contribution is -2.36. The van der Waals surface area contributed by atoms with E-state index in [0.717, 1.165) is 0 Å². The lowest BCUT2D eigenvalue weighted by Gasteiger charge is -2.16. The smallest absolute Gasteiger partial charge is 0.453 e. The standard InChI is InChI=1S/C25H17BrF4N2O3/c26-21-20-11-8-17(13-32(20)22(31-21)19-12-24(19,27)28)16-6-9-18(10-7-16)35-25(29,30)23(33)34-14-15-4-2-1-3-5-15/h1-11,13,19H,12,14H2. The van der Waals surface area contributed by atoms with Crippen LogP contribution >= 0.6 is 15.9 Å². The number of nitrogens with zero attached hydrogens (tertiary/aromatic N) is 2. The third-order valence-corrected chi connectivity index (χ3v) is 6.22. The van der Waals surface area contributed by atoms with Crippen LogP contribution in [0, 0.1) is 0 Å². The molecule has 2 heterocycles. The molecule has 5 rings (SSSR count). The molecule has 2 aromatic heterocycles. The topological polar surface area (TPSA) is 52.8 Å². The van der Waals surface area contributed by atoms with Crippen LogP contribution in [0.15, 0.2) is 77.5 Å². The molecule has 4 aromatic rings. The maximum Gasteiger partial charge on any atom is 0.502 e. The summed E-state index contributed by atoms with van der Waals surface area (Å²) in [6, 6.07) is 17.6. The molecule has 0 amide bonds. The first-order chi connectivity index (χ1) is 16.6. The summed E-state index contributed by atoms with van der Waals surface area (Å²) >= 11 is 3.30. The highest BCUT2D eigenvalue weighted by molar-refractivity contribution is 9.10. The highest BCUT2D eigenvalue weighted by atomic mass is 79.9. The molecule has 0 aliphatic heterocycles. The monoisotopic (exact) mass is 548 g/mol. The Balaban J connectivity index is 1.30. The van der Waals surface area contributed by atoms with Crippen molar-refractivity contribution >= 4 is 27.4 Å². The molecule has 0 saturated heterocycles. The minimum Gasteiger partial charge on any atom is -0.453 e. The zero-order valence-corrected chi connectivity index (χ0v) is 19.5. The van der Waals surface area contributed by atoms with Crippen molar-refractivity contribution in [3.05, 3.63) is 88.9 Å². The minimum atomic E-state index is -4.18. The zero-order valence-electron chi connectivity index (χ0n) is 17.9. The highest BCUT2D eigenvalue weighted by Crippen LogP contribution is 2.55. The van der Waals surface area contributed by atoms with Gasteiger partial charge in [0.2, 0.25) is 0 Å². The number of aromatic nitrogens is 2. The Bertz CT molecular complexity index is 1390. The van der Waals surface area contributed by atoms with Crippen LogP contribution in [-0.4, -0.2) is 27.4 Å². The van der Waals surface area contributed by atoms with E-state index in [1.54, 1.807) is 53.1 Å². The summed E-state index contributed by atoms with van der Waals surface area (Å²) in [4.78, 5) is 16.1. The van der Waals surface area contributed by atoms with Crippen LogP contribution in [0.1, 0.15) is 23.7 Å². The van der Waals surface area contributed by atoms with Gasteiger partial charge in [-0.25, -0.2) is 18.6 Å². The van der Waals surface area contributed by atoms with Crippen LogP contribution in [0.4, 0.5) is 17.6 Å². The van der Waals surface area contributed by atoms with E-state index in [1.165, 1.54) is 24.3 Å². The lowest BCUT2D eigenvalue weighted by atomic mass is 10.1. The van der Waals surface area contributed by atoms with E-state index in [1.807, 2.05) is 0 Å². The normalized spacial score (nSPS) is 16.8. The van der Waals surface area contributed by atoms with Crippen molar-refractivity contribution in [1.82, 2.24) is 9.38 Å². The summed E-state index contributed by atoms with van der Waals surface area (Å²) in [6.07, 6.45) is -2.76. The average molecular weight is 549 g/mol. The molecule has 2 aromatic carbocycles. The maximum absolute atomic E-state index is 14.2. The molecule has 1 saturated carbocycles. The van der Waals surface area contributed by atoms with E-state index in [2.05, 4.69) is 30.4 Å². The Morgan fingerprint density at radius 2 is 1.71 bits per heavy atom. The molecule has 1 unspecified atom stereocenters. The first-order valence-corrected chi connectivity index (χ1v) is 11.4. The van der Waals surface area contributed by atoms with Gasteiger partial charge in [-0.2, -0.15) is 8.78 Å². The van der Waals surface area contributed by atoms with Gasteiger partial charge in [0.15, 0.2) is 0 Å². The van der Waals surface area contributed by atoms with Gasteiger partial charge < -0.3 is 13.9 Å². The van der Waals surface area contributed by atoms with E-state index >= 15 is 0 Å². The molecule has 0 radical (unpaired) electrons. The van der Waals surface area contributed by atoms with E-state index in [-0.39, 0.29) is 24.6 Å². The Labute approximate surface area is 205 Å². The predicted octanol–water partition coefficient (Wildman–Crippen LogP) is 6.60. The van der Waals surface area contributed by atoms with E-state index < -0.39 is 23.9 Å². The fourth-order valence-corrected chi connectivity index (χ4v) is 4.20. The number of hydrogen-bond donors (Lipinski definition) is 0. The number of carbonyl (C=O) groups is 1. The molecule has 35 heavy (non-hydrogen) atoms. The van der Waals surface area contributed by atoms with Crippen LogP contribution in [0.5, 0.6) is 5.75 Å². The second-order valence-electron chi connectivity index (χ2n) is 8.16. The van der Waals surface area contributed by atoms with Crippen molar-refractivity contribution in [3.8, 4) is 16.9 Å². The van der Waals surface area contributed by atoms with Crippen molar-refractivity contribution in [1.29, 1.82) is 0 Å². The van der Waals surface area contributed by atoms with Crippen molar-refractivity contribution in [3.63, 3.8) is 0 Å². The molecule has 1 aliphatic rings. The van der Waals surface area contributed by atoms with Gasteiger partial charge in [-0.15, -0.1) is 0 Å². The summed E-state index contributed by atoms with van der Waals surface area (Å²) in [6.45, 7) is -0.306. The first-order valence-electron chi connectivity index (χ1n) is 10.6. The average Bonchev–Trinajstić information content (AvgIpc) is 3.35. The quantitative estimate of drug-likeness (QED) is 0.193. The number of pyridine rings is 1. The van der Waals surface area contributed by atoms with Crippen LogP contribution in [0.2, 0.25) is 0 Å². The van der Waals surface area contributed by atoms with Crippen molar-refractivity contribution < 1.29 is 31.8 Å². The number of imidazole rings is 1. The van der Waals surface area contributed by atoms with Gasteiger partial charge in [0, 0.05) is 12.6 Å². The van der Waals surface area contributed by atoms with Crippen LogP contribution < -0.4 is 4.74 Å². The Hall–Kier alpha value is -3.40. The molecule has 5 nitrogen and oxygen atoms in total. The molecule has 1 aliphatic carbocycles. The van der Waals surface area contributed by atoms with Crippen molar-refractivity contribution in [2.75, 3.05) is 0 Å². The summed E-state index contributed by atoms with van der Waals surface area (Å²) in [5, 5.41) is 0. The molecule has 0 N–H and O–H groups in total. The molecule has 180 valence electrons. The number of rotatable bonds is 7. The number of esters is 1. The van der Waals surface area contributed by atoms with Crippen LogP contribution in [-0.2, 0) is 16.1 Å². The third kappa shape index (κ3) is 4.75. The van der Waals surface area contributed by atoms with Crippen molar-refractivity contribution in [2.45, 2.75) is 31.0 Å². The Kier molecular flexibility index (Phi) is 5.79. The second-order valence-corrected chi connectivity index (χ2v) is 8.91. The number of halogens is 5. The minimum absolute atomic E-state index is 0.236. The fraction of sp³-hybridized carbons (Fsp3) is 0.200. The molecule has 10 heteroatoms. The summed E-state index contributed by atoms with van der Waals surface area (Å²) in [7, 11) is 0. The Morgan fingerprint density at radius 1 is 1.06 bits per heavy atom. The summed E-state index contributed by atoms with van der Waals surface area (Å²) < 4.78 is 67.0. The number of ether oxygens (including phenoxy) is 2. The van der Waals surface area contributed by atoms with Gasteiger partial charge in [0.1, 0.15) is 22.8 Å². The van der Waals surface area contributed by atoms with Gasteiger partial charge >= 0.3 is 12.1 Å². The molecule has 0 bridgehead atoms. The predicted molar refractivity (Wildman–Crippen MR) is 122 cm³/mol. The summed E-state index contributed by atoms with van der Waals surface area (Å²) in [5.41, 5.74) is 2.50. The molecular weight excluding hydrogens is 532 g/mol. The Morgan fingerprint density at radius 3 is 2.37 bits per heavy atom. The number of alkyl halides is 4. The van der Waals surface area contributed by atoms with Gasteiger partial charge in [0.05, 0.1) is 11.4 Å². The largest absolute Gasteiger partial charge is 0.502 e. The number of fused-ring (bicyclic) bond motifs is 1. The molecule has 1 fully saturated rings. The maximum atomic E-state index is 14.2. The van der Waals surface area contributed by atoms with Gasteiger partial charge in [-0.1, -0.05) is 48.5 Å². The van der Waals surface area contributed by atoms with E-state index in [9.17, 15) is 22.4 Å². The van der Waals surface area contributed by atoms with Crippen molar-refractivity contribution in [2.24, 2.45) is 0 Å². The van der Waals surface area contributed by atoms with E-state index in [0.29, 0.717) is 26.8 Å². The lowest BCUT2D eigenvalue weighted by molar-refractivity contribution is -0.218. The zero-order chi connectivity index (χ0) is 24.8. The second kappa shape index (κ2) is 8.67. The van der Waals surface area contributed by atoms with Crippen LogP contribution in [0.3, 0.4) is 0 Å². The number of carbonyl (C=O) groups excluding carboxylic acids is 1. The first kappa shape index (κ1) is 23.3. The number of benzene rings is 2. The van der Waals surface area contributed by atoms with E-state index in [4.69, 9.17) is 0 Å². The molecular formula is C25H17BrF4N2O3.